The van der Waals surface area contributed by atoms with Crippen LogP contribution in [0.25, 0.3) is 0 Å². The summed E-state index contributed by atoms with van der Waals surface area (Å²) in [4.78, 5) is 34.3. The van der Waals surface area contributed by atoms with Crippen LogP contribution in [0.4, 0.5) is 10.5 Å². The minimum Gasteiger partial charge on any atom is -0.385 e. The Morgan fingerprint density at radius 3 is 2.85 bits per heavy atom. The molecule has 0 saturated carbocycles. The molecule has 8 heteroatoms. The number of benzene rings is 1. The van der Waals surface area contributed by atoms with Gasteiger partial charge in [-0.1, -0.05) is 12.1 Å². The number of urea groups is 1. The van der Waals surface area contributed by atoms with E-state index in [9.17, 15) is 9.59 Å². The Kier molecular flexibility index (Phi) is 4.25. The number of hydrogen-bond donors (Lipinski definition) is 2. The molecule has 1 saturated heterocycles. The number of aliphatic imine (C=N–C) groups is 1. The van der Waals surface area contributed by atoms with Crippen molar-refractivity contribution in [2.75, 3.05) is 25.5 Å². The highest BCUT2D eigenvalue weighted by Crippen LogP contribution is 2.31. The van der Waals surface area contributed by atoms with Crippen LogP contribution < -0.4 is 10.6 Å². The number of guanidine groups is 1. The highest BCUT2D eigenvalue weighted by atomic mass is 16.2. The molecule has 2 atom stereocenters. The summed E-state index contributed by atoms with van der Waals surface area (Å²) in [7, 11) is 1.67. The average molecular weight is 368 g/mol. The number of carbonyl (C=O) groups is 2. The Bertz CT molecular complexity index is 848. The maximum Gasteiger partial charge on any atom is 0.325 e. The van der Waals surface area contributed by atoms with E-state index in [4.69, 9.17) is 0 Å². The smallest absolute Gasteiger partial charge is 0.325 e. The van der Waals surface area contributed by atoms with Crippen LogP contribution in [0.3, 0.4) is 0 Å². The van der Waals surface area contributed by atoms with Crippen LogP contribution in [0.15, 0.2) is 41.2 Å². The molecule has 3 amide bonds. The number of nitrogens with zero attached hydrogens (tertiary/aromatic N) is 4. The lowest BCUT2D eigenvalue weighted by Gasteiger charge is -2.34. The first-order valence-corrected chi connectivity index (χ1v) is 9.16. The average Bonchev–Trinajstić information content (AvgIpc) is 3.12. The number of likely N-dealkylation sites (N-methyl/N-ethyl adjacent to an activating group) is 1. The van der Waals surface area contributed by atoms with Crippen molar-refractivity contribution in [3.63, 3.8) is 0 Å². The summed E-state index contributed by atoms with van der Waals surface area (Å²) in [6, 6.07) is 7.41. The van der Waals surface area contributed by atoms with Crippen LogP contribution in [0.1, 0.15) is 18.9 Å². The van der Waals surface area contributed by atoms with Crippen LogP contribution in [0.2, 0.25) is 0 Å². The van der Waals surface area contributed by atoms with Gasteiger partial charge in [-0.05, 0) is 38.0 Å². The zero-order chi connectivity index (χ0) is 19.1. The van der Waals surface area contributed by atoms with E-state index in [0.29, 0.717) is 0 Å². The Morgan fingerprint density at radius 2 is 2.07 bits per heavy atom. The fourth-order valence-electron chi connectivity index (χ4n) is 3.75. The largest absolute Gasteiger partial charge is 0.385 e. The van der Waals surface area contributed by atoms with Crippen LogP contribution in [0.5, 0.6) is 0 Å². The maximum atomic E-state index is 12.3. The summed E-state index contributed by atoms with van der Waals surface area (Å²) < 4.78 is 0. The van der Waals surface area contributed by atoms with Crippen molar-refractivity contribution in [1.29, 1.82) is 0 Å². The molecule has 27 heavy (non-hydrogen) atoms. The molecule has 2 N–H and O–H groups in total. The van der Waals surface area contributed by atoms with Gasteiger partial charge in [0.1, 0.15) is 0 Å². The molecule has 0 aliphatic carbocycles. The summed E-state index contributed by atoms with van der Waals surface area (Å²) in [6.07, 6.45) is 2.39. The van der Waals surface area contributed by atoms with Crippen LogP contribution in [-0.4, -0.2) is 64.9 Å². The van der Waals surface area contributed by atoms with Crippen molar-refractivity contribution in [3.05, 3.63) is 41.7 Å². The number of imide groups is 1. The van der Waals surface area contributed by atoms with Gasteiger partial charge in [0, 0.05) is 37.7 Å². The summed E-state index contributed by atoms with van der Waals surface area (Å²) in [5.74, 6) is 0.448. The van der Waals surface area contributed by atoms with Gasteiger partial charge in [-0.3, -0.25) is 10.1 Å². The molecule has 142 valence electrons. The number of aryl methyl sites for hydroxylation is 1. The Balaban J connectivity index is 1.40. The van der Waals surface area contributed by atoms with Crippen molar-refractivity contribution in [3.8, 4) is 0 Å². The van der Waals surface area contributed by atoms with Gasteiger partial charge in [-0.2, -0.15) is 0 Å². The summed E-state index contributed by atoms with van der Waals surface area (Å²) in [5.41, 5.74) is 3.40. The highest BCUT2D eigenvalue weighted by Gasteiger charge is 2.51. The minimum atomic E-state index is -0.493. The molecule has 1 fully saturated rings. The number of nitrogens with one attached hydrogen (secondary N) is 2. The fourth-order valence-corrected chi connectivity index (χ4v) is 3.75. The monoisotopic (exact) mass is 368 g/mol. The third-order valence-corrected chi connectivity index (χ3v) is 5.18. The third kappa shape index (κ3) is 3.01. The van der Waals surface area contributed by atoms with Crippen molar-refractivity contribution >= 4 is 23.6 Å². The molecule has 2 unspecified atom stereocenters. The zero-order valence-corrected chi connectivity index (χ0v) is 15.8. The van der Waals surface area contributed by atoms with Gasteiger partial charge in [0.05, 0.1) is 0 Å². The summed E-state index contributed by atoms with van der Waals surface area (Å²) in [5, 5.41) is 5.83. The molecular formula is C19H24N6O2. The van der Waals surface area contributed by atoms with E-state index in [2.05, 4.69) is 45.6 Å². The van der Waals surface area contributed by atoms with Crippen molar-refractivity contribution in [2.24, 2.45) is 4.99 Å². The van der Waals surface area contributed by atoms with Crippen molar-refractivity contribution in [2.45, 2.75) is 32.5 Å². The normalized spacial score (nSPS) is 23.7. The number of hydrogen-bond acceptors (Lipinski definition) is 6. The van der Waals surface area contributed by atoms with Crippen LogP contribution in [0, 0.1) is 6.92 Å². The van der Waals surface area contributed by atoms with Gasteiger partial charge in [0.2, 0.25) is 5.96 Å². The lowest BCUT2D eigenvalue weighted by molar-refractivity contribution is -0.126. The minimum absolute atomic E-state index is 0.297. The topological polar surface area (TPSA) is 80.3 Å². The van der Waals surface area contributed by atoms with E-state index in [0.717, 1.165) is 36.9 Å². The van der Waals surface area contributed by atoms with Gasteiger partial charge in [-0.25, -0.2) is 9.79 Å². The van der Waals surface area contributed by atoms with E-state index in [-0.39, 0.29) is 5.91 Å². The number of carbonyl (C=O) groups excluding carboxylic acids is 2. The summed E-state index contributed by atoms with van der Waals surface area (Å²) in [6.45, 7) is 5.72. The number of fused-ring (bicyclic) bond motifs is 3. The number of anilines is 1. The SMILES string of the molecule is CC1=CN2C(=NC3C2C(=O)NC(=O)N3C)N1CCCNc1cccc(C)c1. The first-order valence-electron chi connectivity index (χ1n) is 9.16. The second-order valence-corrected chi connectivity index (χ2v) is 7.17. The third-order valence-electron chi connectivity index (χ3n) is 5.18. The molecular weight excluding hydrogens is 344 g/mol. The number of amides is 3. The molecule has 8 nitrogen and oxygen atoms in total. The molecule has 0 aromatic heterocycles. The van der Waals surface area contributed by atoms with E-state index >= 15 is 0 Å². The molecule has 3 aliphatic rings. The van der Waals surface area contributed by atoms with Crippen LogP contribution in [-0.2, 0) is 4.79 Å². The quantitative estimate of drug-likeness (QED) is 0.771. The molecule has 1 aromatic carbocycles. The van der Waals surface area contributed by atoms with E-state index in [1.54, 1.807) is 7.05 Å². The van der Waals surface area contributed by atoms with E-state index in [1.165, 1.54) is 10.5 Å². The van der Waals surface area contributed by atoms with Crippen molar-refractivity contribution < 1.29 is 9.59 Å². The Labute approximate surface area is 158 Å². The molecule has 0 spiro atoms. The standard InChI is InChI=1S/C19H24N6O2/c1-12-6-4-7-14(10-12)20-8-5-9-24-13(2)11-25-15-16(21-18(24)25)23(3)19(27)22-17(15)26/h4,6-7,10-11,15-16,20H,5,8-9H2,1-3H3,(H,22,26,27). The molecule has 3 aliphatic heterocycles. The summed E-state index contributed by atoms with van der Waals surface area (Å²) >= 11 is 0. The highest BCUT2D eigenvalue weighted by molar-refractivity contribution is 6.04. The Hall–Kier alpha value is -3.03. The zero-order valence-electron chi connectivity index (χ0n) is 15.8. The fraction of sp³-hybridized carbons (Fsp3) is 0.421. The lowest BCUT2D eigenvalue weighted by atomic mass is 10.1. The first-order chi connectivity index (χ1) is 13.0. The Morgan fingerprint density at radius 1 is 1.26 bits per heavy atom. The number of allylic oxidation sites excluding steroid dienone is 1. The molecule has 0 radical (unpaired) electrons. The second-order valence-electron chi connectivity index (χ2n) is 7.17. The van der Waals surface area contributed by atoms with Gasteiger partial charge >= 0.3 is 6.03 Å². The molecule has 4 rings (SSSR count). The molecule has 0 bridgehead atoms. The molecule has 1 aromatic rings. The van der Waals surface area contributed by atoms with E-state index in [1.807, 2.05) is 24.1 Å². The van der Waals surface area contributed by atoms with Gasteiger partial charge in [-0.15, -0.1) is 0 Å². The van der Waals surface area contributed by atoms with Crippen LogP contribution >= 0.6 is 0 Å². The predicted octanol–water partition coefficient (Wildman–Crippen LogP) is 1.52. The number of rotatable bonds is 5. The van der Waals surface area contributed by atoms with Gasteiger partial charge < -0.3 is 20.0 Å². The van der Waals surface area contributed by atoms with Gasteiger partial charge in [0.15, 0.2) is 12.2 Å². The predicted molar refractivity (Wildman–Crippen MR) is 103 cm³/mol. The first kappa shape index (κ1) is 17.4. The lowest BCUT2D eigenvalue weighted by Crippen LogP contribution is -2.62. The van der Waals surface area contributed by atoms with E-state index < -0.39 is 18.2 Å². The molecule has 3 heterocycles. The van der Waals surface area contributed by atoms with Gasteiger partial charge in [0.25, 0.3) is 5.91 Å². The maximum absolute atomic E-state index is 12.3. The van der Waals surface area contributed by atoms with Crippen molar-refractivity contribution in [1.82, 2.24) is 20.0 Å². The second kappa shape index (κ2) is 6.61.